The molecule has 0 atom stereocenters. The van der Waals surface area contributed by atoms with E-state index in [1.54, 1.807) is 43.6 Å². The third-order valence-electron chi connectivity index (χ3n) is 2.96. The molecule has 0 aliphatic heterocycles. The van der Waals surface area contributed by atoms with Crippen LogP contribution in [0.3, 0.4) is 0 Å². The quantitative estimate of drug-likeness (QED) is 0.665. The first-order valence-corrected chi connectivity index (χ1v) is 8.79. The lowest BCUT2D eigenvalue weighted by Crippen LogP contribution is -2.40. The van der Waals surface area contributed by atoms with Crippen molar-refractivity contribution in [1.82, 2.24) is 9.38 Å². The number of nitrogens with zero attached hydrogens (tertiary/aromatic N) is 3. The van der Waals surface area contributed by atoms with Crippen LogP contribution in [-0.2, 0) is 4.74 Å². The van der Waals surface area contributed by atoms with Gasteiger partial charge in [-0.1, -0.05) is 13.8 Å². The number of halogens is 3. The number of hydrogen-bond acceptors (Lipinski definition) is 3. The van der Waals surface area contributed by atoms with E-state index in [0.29, 0.717) is 10.1 Å². The first-order chi connectivity index (χ1) is 11.6. The van der Waals surface area contributed by atoms with Crippen molar-refractivity contribution in [2.24, 2.45) is 0 Å². The highest BCUT2D eigenvalue weighted by Gasteiger charge is 2.28. The lowest BCUT2D eigenvalue weighted by molar-refractivity contribution is 0.0544. The van der Waals surface area contributed by atoms with Gasteiger partial charge >= 0.3 is 6.09 Å². The number of pyridine rings is 1. The zero-order valence-corrected chi connectivity index (χ0v) is 16.9. The van der Waals surface area contributed by atoms with Gasteiger partial charge in [-0.3, -0.25) is 4.90 Å². The molecule has 2 rings (SSSR count). The molecule has 2 heterocycles. The van der Waals surface area contributed by atoms with Crippen molar-refractivity contribution in [2.75, 3.05) is 11.4 Å². The largest absolute Gasteiger partial charge is 0.443 e. The minimum Gasteiger partial charge on any atom is -0.443 e. The molecule has 0 N–H and O–H groups in total. The number of aromatic nitrogens is 2. The summed E-state index contributed by atoms with van der Waals surface area (Å²) in [6, 6.07) is 1.58. The summed E-state index contributed by atoms with van der Waals surface area (Å²) in [6.45, 7) is 10.1. The van der Waals surface area contributed by atoms with E-state index in [4.69, 9.17) is 4.74 Å². The van der Waals surface area contributed by atoms with Gasteiger partial charge in [-0.25, -0.2) is 18.6 Å². The number of aryl methyl sites for hydroxylation is 1. The van der Waals surface area contributed by atoms with Gasteiger partial charge in [0.15, 0.2) is 5.65 Å². The van der Waals surface area contributed by atoms with Crippen molar-refractivity contribution in [3.8, 4) is 0 Å². The van der Waals surface area contributed by atoms with Crippen LogP contribution in [0.15, 0.2) is 22.9 Å². The molecule has 0 fully saturated rings. The smallest absolute Gasteiger partial charge is 0.415 e. The van der Waals surface area contributed by atoms with Crippen molar-refractivity contribution < 1.29 is 18.3 Å². The van der Waals surface area contributed by atoms with Gasteiger partial charge in [0, 0.05) is 22.6 Å². The SMILES string of the molecule is CC.Cc1cnc2c(N(CC(F)F)C(=O)OC(C)(C)C)cc(Br)cn12. The third-order valence-corrected chi connectivity index (χ3v) is 3.40. The summed E-state index contributed by atoms with van der Waals surface area (Å²) >= 11 is 3.33. The number of amides is 1. The molecule has 0 aliphatic rings. The molecule has 0 aliphatic carbocycles. The van der Waals surface area contributed by atoms with Crippen LogP contribution in [0.1, 0.15) is 40.3 Å². The molecule has 2 aromatic rings. The second-order valence-corrected chi connectivity index (χ2v) is 7.03. The maximum Gasteiger partial charge on any atom is 0.415 e. The summed E-state index contributed by atoms with van der Waals surface area (Å²) in [5.41, 5.74) is 0.716. The molecule has 0 saturated heterocycles. The van der Waals surface area contributed by atoms with E-state index < -0.39 is 24.7 Å². The van der Waals surface area contributed by atoms with E-state index in [-0.39, 0.29) is 5.69 Å². The fourth-order valence-corrected chi connectivity index (χ4v) is 2.50. The first-order valence-electron chi connectivity index (χ1n) is 8.00. The lowest BCUT2D eigenvalue weighted by Gasteiger charge is -2.27. The summed E-state index contributed by atoms with van der Waals surface area (Å²) in [7, 11) is 0. The standard InChI is InChI=1S/C15H18BrF2N3O2.C2H6/c1-9-6-19-13-11(5-10(16)7-20(9)13)21(8-12(17)18)14(22)23-15(2,3)4;1-2/h5-7,12H,8H2,1-4H3;1-2H3. The zero-order valence-electron chi connectivity index (χ0n) is 15.3. The van der Waals surface area contributed by atoms with Gasteiger partial charge in [-0.05, 0) is 49.7 Å². The average Bonchev–Trinajstić information content (AvgIpc) is 2.85. The molecule has 2 aromatic heterocycles. The molecule has 5 nitrogen and oxygen atoms in total. The number of anilines is 1. The van der Waals surface area contributed by atoms with Gasteiger partial charge < -0.3 is 9.14 Å². The van der Waals surface area contributed by atoms with Crippen LogP contribution in [-0.4, -0.2) is 34.0 Å². The molecule has 0 saturated carbocycles. The van der Waals surface area contributed by atoms with Crippen molar-refractivity contribution in [2.45, 2.75) is 53.6 Å². The first kappa shape index (κ1) is 21.3. The number of carbonyl (C=O) groups excluding carboxylic acids is 1. The van der Waals surface area contributed by atoms with Crippen molar-refractivity contribution >= 4 is 33.4 Å². The summed E-state index contributed by atoms with van der Waals surface area (Å²) in [4.78, 5) is 17.5. The highest BCUT2D eigenvalue weighted by Crippen LogP contribution is 2.28. The number of fused-ring (bicyclic) bond motifs is 1. The second kappa shape index (κ2) is 8.60. The number of rotatable bonds is 3. The van der Waals surface area contributed by atoms with E-state index in [0.717, 1.165) is 10.6 Å². The normalized spacial score (nSPS) is 11.3. The minimum atomic E-state index is -2.70. The van der Waals surface area contributed by atoms with Crippen LogP contribution < -0.4 is 4.90 Å². The lowest BCUT2D eigenvalue weighted by atomic mass is 10.2. The molecule has 0 unspecified atom stereocenters. The van der Waals surface area contributed by atoms with Crippen molar-refractivity contribution in [3.63, 3.8) is 0 Å². The number of hydrogen-bond donors (Lipinski definition) is 0. The Balaban J connectivity index is 0.00000151. The van der Waals surface area contributed by atoms with E-state index in [9.17, 15) is 13.6 Å². The maximum atomic E-state index is 13.0. The van der Waals surface area contributed by atoms with E-state index >= 15 is 0 Å². The highest BCUT2D eigenvalue weighted by molar-refractivity contribution is 9.10. The number of imidazole rings is 1. The molecule has 0 bridgehead atoms. The monoisotopic (exact) mass is 419 g/mol. The summed E-state index contributed by atoms with van der Waals surface area (Å²) in [6.07, 6.45) is -0.159. The Morgan fingerprint density at radius 2 is 2.00 bits per heavy atom. The van der Waals surface area contributed by atoms with Crippen molar-refractivity contribution in [3.05, 3.63) is 28.6 Å². The molecule has 8 heteroatoms. The van der Waals surface area contributed by atoms with Crippen LogP contribution in [0.2, 0.25) is 0 Å². The van der Waals surface area contributed by atoms with Crippen LogP contribution in [0.5, 0.6) is 0 Å². The highest BCUT2D eigenvalue weighted by atomic mass is 79.9. The fourth-order valence-electron chi connectivity index (χ4n) is 2.08. The van der Waals surface area contributed by atoms with Crippen molar-refractivity contribution in [1.29, 1.82) is 0 Å². The Labute approximate surface area is 155 Å². The Morgan fingerprint density at radius 1 is 1.40 bits per heavy atom. The van der Waals surface area contributed by atoms with Gasteiger partial charge in [-0.2, -0.15) is 0 Å². The van der Waals surface area contributed by atoms with Gasteiger partial charge in [0.25, 0.3) is 6.43 Å². The van der Waals surface area contributed by atoms with Crippen LogP contribution >= 0.6 is 15.9 Å². The third kappa shape index (κ3) is 5.66. The Kier molecular flexibility index (Phi) is 7.34. The maximum absolute atomic E-state index is 13.0. The van der Waals surface area contributed by atoms with E-state index in [1.165, 1.54) is 0 Å². The van der Waals surface area contributed by atoms with Crippen LogP contribution in [0.25, 0.3) is 5.65 Å². The van der Waals surface area contributed by atoms with Gasteiger partial charge in [0.2, 0.25) is 0 Å². The number of carbonyl (C=O) groups is 1. The number of ether oxygens (including phenoxy) is 1. The molecule has 1 amide bonds. The average molecular weight is 420 g/mol. The zero-order chi connectivity index (χ0) is 19.4. The van der Waals surface area contributed by atoms with Gasteiger partial charge in [0.1, 0.15) is 5.60 Å². The minimum absolute atomic E-state index is 0.266. The number of alkyl halides is 2. The Bertz CT molecular complexity index is 726. The van der Waals surface area contributed by atoms with E-state index in [1.807, 2.05) is 20.8 Å². The van der Waals surface area contributed by atoms with E-state index in [2.05, 4.69) is 20.9 Å². The second-order valence-electron chi connectivity index (χ2n) is 6.12. The van der Waals surface area contributed by atoms with Gasteiger partial charge in [0.05, 0.1) is 12.2 Å². The Morgan fingerprint density at radius 3 is 2.52 bits per heavy atom. The molecule has 0 aromatic carbocycles. The van der Waals surface area contributed by atoms with Crippen LogP contribution in [0, 0.1) is 6.92 Å². The molecule has 0 radical (unpaired) electrons. The predicted molar refractivity (Wildman–Crippen MR) is 98.6 cm³/mol. The summed E-state index contributed by atoms with van der Waals surface area (Å²) in [5, 5.41) is 0. The molecular formula is C17H24BrF2N3O2. The molecule has 0 spiro atoms. The topological polar surface area (TPSA) is 46.8 Å². The molecular weight excluding hydrogens is 396 g/mol. The summed E-state index contributed by atoms with van der Waals surface area (Å²) in [5.74, 6) is 0. The van der Waals surface area contributed by atoms with Crippen LogP contribution in [0.4, 0.5) is 19.3 Å². The molecule has 25 heavy (non-hydrogen) atoms. The Hall–Kier alpha value is -1.70. The summed E-state index contributed by atoms with van der Waals surface area (Å²) < 4.78 is 33.6. The molecule has 140 valence electrons. The fraction of sp³-hybridized carbons (Fsp3) is 0.529. The predicted octanol–water partition coefficient (Wildman–Crippen LogP) is 5.44. The van der Waals surface area contributed by atoms with Gasteiger partial charge in [-0.15, -0.1) is 0 Å².